The van der Waals surface area contributed by atoms with Crippen molar-refractivity contribution in [3.05, 3.63) is 58.1 Å². The molecule has 1 aromatic carbocycles. The molecule has 2 N–H and O–H groups in total. The van der Waals surface area contributed by atoms with E-state index in [2.05, 4.69) is 20.9 Å². The zero-order valence-corrected chi connectivity index (χ0v) is 12.5. The Hall–Kier alpha value is -1.72. The van der Waals surface area contributed by atoms with Crippen LogP contribution >= 0.6 is 15.9 Å². The second kappa shape index (κ2) is 5.00. The predicted octanol–water partition coefficient (Wildman–Crippen LogP) is 3.67. The van der Waals surface area contributed by atoms with Gasteiger partial charge in [0.25, 0.3) is 0 Å². The molecule has 0 atom stereocenters. The van der Waals surface area contributed by atoms with Crippen LogP contribution in [-0.4, -0.2) is 9.38 Å². The summed E-state index contributed by atoms with van der Waals surface area (Å²) in [6, 6.07) is 8.32. The van der Waals surface area contributed by atoms with Crippen LogP contribution < -0.4 is 5.73 Å². The summed E-state index contributed by atoms with van der Waals surface area (Å²) in [7, 11) is 0. The van der Waals surface area contributed by atoms with Crippen molar-refractivity contribution in [2.75, 3.05) is 0 Å². The molecule has 0 saturated carbocycles. The topological polar surface area (TPSA) is 43.3 Å². The van der Waals surface area contributed by atoms with Gasteiger partial charge in [0.15, 0.2) is 0 Å². The molecule has 0 radical (unpaired) electrons. The first kappa shape index (κ1) is 13.3. The van der Waals surface area contributed by atoms with Gasteiger partial charge in [-0.25, -0.2) is 9.37 Å². The molecule has 0 spiro atoms. The van der Waals surface area contributed by atoms with Crippen LogP contribution in [0.15, 0.2) is 41.0 Å². The second-order valence-corrected chi connectivity index (χ2v) is 5.57. The molecular weight excluding hydrogens is 321 g/mol. The highest BCUT2D eigenvalue weighted by molar-refractivity contribution is 9.10. The molecule has 0 unspecified atom stereocenters. The Kier molecular flexibility index (Phi) is 3.31. The molecule has 3 nitrogen and oxygen atoms in total. The van der Waals surface area contributed by atoms with E-state index in [0.717, 1.165) is 32.6 Å². The molecule has 0 fully saturated rings. The average Bonchev–Trinajstić information content (AvgIpc) is 2.78. The largest absolute Gasteiger partial charge is 0.325 e. The van der Waals surface area contributed by atoms with E-state index in [4.69, 9.17) is 5.73 Å². The molecule has 0 bridgehead atoms. The molecule has 3 rings (SSSR count). The van der Waals surface area contributed by atoms with Crippen molar-refractivity contribution >= 4 is 21.6 Å². The molecule has 0 aliphatic rings. The summed E-state index contributed by atoms with van der Waals surface area (Å²) < 4.78 is 16.0. The van der Waals surface area contributed by atoms with E-state index in [0.29, 0.717) is 6.54 Å². The quantitative estimate of drug-likeness (QED) is 0.777. The van der Waals surface area contributed by atoms with Gasteiger partial charge in [-0.2, -0.15) is 0 Å². The fraction of sp³-hybridized carbons (Fsp3) is 0.133. The number of rotatable bonds is 2. The molecular formula is C15H13BrFN3. The van der Waals surface area contributed by atoms with E-state index in [1.807, 2.05) is 23.6 Å². The lowest BCUT2D eigenvalue weighted by Crippen LogP contribution is -2.03. The van der Waals surface area contributed by atoms with Gasteiger partial charge >= 0.3 is 0 Å². The molecule has 2 aromatic heterocycles. The minimum Gasteiger partial charge on any atom is -0.325 e. The summed E-state index contributed by atoms with van der Waals surface area (Å²) >= 11 is 3.48. The Bertz CT molecular complexity index is 778. The van der Waals surface area contributed by atoms with Crippen LogP contribution in [0.25, 0.3) is 16.9 Å². The lowest BCUT2D eigenvalue weighted by molar-refractivity contribution is 0.628. The Morgan fingerprint density at radius 1 is 1.30 bits per heavy atom. The number of aryl methyl sites for hydroxylation is 1. The smallest absolute Gasteiger partial charge is 0.140 e. The lowest BCUT2D eigenvalue weighted by atomic mass is 10.1. The van der Waals surface area contributed by atoms with Crippen LogP contribution in [0.4, 0.5) is 4.39 Å². The van der Waals surface area contributed by atoms with Crippen LogP contribution in [0.3, 0.4) is 0 Å². The van der Waals surface area contributed by atoms with E-state index in [1.54, 1.807) is 12.1 Å². The van der Waals surface area contributed by atoms with E-state index in [-0.39, 0.29) is 5.82 Å². The van der Waals surface area contributed by atoms with E-state index in [9.17, 15) is 4.39 Å². The van der Waals surface area contributed by atoms with Gasteiger partial charge in [0.1, 0.15) is 11.5 Å². The van der Waals surface area contributed by atoms with E-state index >= 15 is 0 Å². The first-order chi connectivity index (χ1) is 9.60. The van der Waals surface area contributed by atoms with Crippen LogP contribution in [-0.2, 0) is 6.54 Å². The summed E-state index contributed by atoms with van der Waals surface area (Å²) in [5, 5.41) is 0. The number of nitrogens with zero attached hydrogens (tertiary/aromatic N) is 2. The van der Waals surface area contributed by atoms with Crippen molar-refractivity contribution in [1.82, 2.24) is 9.38 Å². The number of hydrogen-bond donors (Lipinski definition) is 1. The second-order valence-electron chi connectivity index (χ2n) is 4.65. The van der Waals surface area contributed by atoms with Crippen LogP contribution in [0, 0.1) is 12.7 Å². The zero-order valence-electron chi connectivity index (χ0n) is 10.9. The fourth-order valence-electron chi connectivity index (χ4n) is 2.35. The monoisotopic (exact) mass is 333 g/mol. The van der Waals surface area contributed by atoms with Crippen LogP contribution in [0.2, 0.25) is 0 Å². The number of pyridine rings is 1. The molecule has 3 aromatic rings. The molecule has 102 valence electrons. The number of imidazole rings is 1. The number of fused-ring (bicyclic) bond motifs is 1. The molecule has 20 heavy (non-hydrogen) atoms. The maximum atomic E-state index is 13.0. The predicted molar refractivity (Wildman–Crippen MR) is 80.9 cm³/mol. The molecule has 0 aliphatic carbocycles. The third kappa shape index (κ3) is 2.13. The standard InChI is InChI=1S/C15H13BrFN3/c1-9-6-11(16)8-20-13(7-18)14(19-15(9)20)10-2-4-12(17)5-3-10/h2-6,8H,7,18H2,1H3. The summed E-state index contributed by atoms with van der Waals surface area (Å²) in [5.74, 6) is -0.259. The highest BCUT2D eigenvalue weighted by Gasteiger charge is 2.14. The third-order valence-electron chi connectivity index (χ3n) is 3.28. The number of hydrogen-bond acceptors (Lipinski definition) is 2. The number of benzene rings is 1. The summed E-state index contributed by atoms with van der Waals surface area (Å²) in [6.45, 7) is 2.37. The Morgan fingerprint density at radius 3 is 2.65 bits per heavy atom. The SMILES string of the molecule is Cc1cc(Br)cn2c(CN)c(-c3ccc(F)cc3)nc12. The first-order valence-electron chi connectivity index (χ1n) is 6.23. The average molecular weight is 334 g/mol. The normalized spacial score (nSPS) is 11.2. The van der Waals surface area contributed by atoms with Gasteiger partial charge in [0.2, 0.25) is 0 Å². The van der Waals surface area contributed by atoms with Crippen molar-refractivity contribution < 1.29 is 4.39 Å². The molecule has 0 aliphatic heterocycles. The van der Waals surface area contributed by atoms with Gasteiger partial charge in [0, 0.05) is 22.8 Å². The Morgan fingerprint density at radius 2 is 2.00 bits per heavy atom. The maximum absolute atomic E-state index is 13.0. The molecule has 5 heteroatoms. The number of aromatic nitrogens is 2. The molecule has 2 heterocycles. The minimum absolute atomic E-state index is 0.259. The molecule has 0 saturated heterocycles. The van der Waals surface area contributed by atoms with E-state index in [1.165, 1.54) is 12.1 Å². The highest BCUT2D eigenvalue weighted by Crippen LogP contribution is 2.27. The Labute approximate surface area is 124 Å². The molecule has 0 amide bonds. The van der Waals surface area contributed by atoms with Gasteiger partial charge in [-0.05, 0) is 58.7 Å². The van der Waals surface area contributed by atoms with Gasteiger partial charge in [-0.1, -0.05) is 0 Å². The van der Waals surface area contributed by atoms with E-state index < -0.39 is 0 Å². The van der Waals surface area contributed by atoms with Gasteiger partial charge < -0.3 is 10.1 Å². The minimum atomic E-state index is -0.259. The van der Waals surface area contributed by atoms with Crippen molar-refractivity contribution in [3.8, 4) is 11.3 Å². The van der Waals surface area contributed by atoms with Crippen molar-refractivity contribution in [3.63, 3.8) is 0 Å². The van der Waals surface area contributed by atoms with Gasteiger partial charge in [0.05, 0.1) is 11.4 Å². The fourth-order valence-corrected chi connectivity index (χ4v) is 2.90. The number of halogens is 2. The lowest BCUT2D eigenvalue weighted by Gasteiger charge is -2.04. The zero-order chi connectivity index (χ0) is 14.3. The van der Waals surface area contributed by atoms with Crippen LogP contribution in [0.5, 0.6) is 0 Å². The third-order valence-corrected chi connectivity index (χ3v) is 3.71. The highest BCUT2D eigenvalue weighted by atomic mass is 79.9. The number of nitrogens with two attached hydrogens (primary N) is 1. The van der Waals surface area contributed by atoms with Gasteiger partial charge in [-0.15, -0.1) is 0 Å². The summed E-state index contributed by atoms with van der Waals surface area (Å²) in [6.07, 6.45) is 1.95. The Balaban J connectivity index is 2.30. The van der Waals surface area contributed by atoms with Crippen molar-refractivity contribution in [1.29, 1.82) is 0 Å². The summed E-state index contributed by atoms with van der Waals surface area (Å²) in [4.78, 5) is 4.66. The summed E-state index contributed by atoms with van der Waals surface area (Å²) in [5.41, 5.74) is 10.4. The van der Waals surface area contributed by atoms with Crippen LogP contribution in [0.1, 0.15) is 11.3 Å². The van der Waals surface area contributed by atoms with Crippen molar-refractivity contribution in [2.24, 2.45) is 5.73 Å². The first-order valence-corrected chi connectivity index (χ1v) is 7.02. The van der Waals surface area contributed by atoms with Crippen molar-refractivity contribution in [2.45, 2.75) is 13.5 Å². The maximum Gasteiger partial charge on any atom is 0.140 e. The van der Waals surface area contributed by atoms with Gasteiger partial charge in [-0.3, -0.25) is 0 Å².